The molecule has 1 unspecified atom stereocenters. The van der Waals surface area contributed by atoms with E-state index in [0.29, 0.717) is 29.9 Å². The highest BCUT2D eigenvalue weighted by Crippen LogP contribution is 2.23. The number of rotatable bonds is 4. The third kappa shape index (κ3) is 3.36. The largest absolute Gasteiger partial charge is 0.442 e. The second-order valence-electron chi connectivity index (χ2n) is 6.36. The summed E-state index contributed by atoms with van der Waals surface area (Å²) in [4.78, 5) is 27.0. The highest BCUT2D eigenvalue weighted by atomic mass is 16.3. The van der Waals surface area contributed by atoms with Crippen LogP contribution >= 0.6 is 0 Å². The van der Waals surface area contributed by atoms with Crippen LogP contribution in [-0.4, -0.2) is 44.9 Å². The Labute approximate surface area is 145 Å². The van der Waals surface area contributed by atoms with Gasteiger partial charge in [0.15, 0.2) is 12.2 Å². The number of aromatic nitrogens is 3. The van der Waals surface area contributed by atoms with E-state index in [4.69, 9.17) is 4.42 Å². The van der Waals surface area contributed by atoms with Crippen molar-refractivity contribution in [3.8, 4) is 11.5 Å². The molecule has 1 saturated heterocycles. The SMILES string of the molecule is CC1CCCN1CC(=O)Nc1cc2cc(-c3cnco3)ncc2cn1. The molecule has 0 aliphatic carbocycles. The number of carbonyl (C=O) groups is 1. The summed E-state index contributed by atoms with van der Waals surface area (Å²) >= 11 is 0. The molecule has 1 aliphatic heterocycles. The van der Waals surface area contributed by atoms with Crippen LogP contribution in [0.4, 0.5) is 5.82 Å². The molecule has 7 heteroatoms. The smallest absolute Gasteiger partial charge is 0.239 e. The van der Waals surface area contributed by atoms with Crippen LogP contribution in [-0.2, 0) is 4.79 Å². The van der Waals surface area contributed by atoms with Crippen LogP contribution < -0.4 is 5.32 Å². The molecule has 4 rings (SSSR count). The Morgan fingerprint density at radius 1 is 1.28 bits per heavy atom. The number of fused-ring (bicyclic) bond motifs is 1. The van der Waals surface area contributed by atoms with Gasteiger partial charge in [0.05, 0.1) is 12.7 Å². The number of carbonyl (C=O) groups excluding carboxylic acids is 1. The van der Waals surface area contributed by atoms with Crippen LogP contribution in [0.25, 0.3) is 22.2 Å². The first-order chi connectivity index (χ1) is 12.2. The maximum Gasteiger partial charge on any atom is 0.239 e. The van der Waals surface area contributed by atoms with Crippen LogP contribution in [0.2, 0.25) is 0 Å². The molecular formula is C18H19N5O2. The highest BCUT2D eigenvalue weighted by Gasteiger charge is 2.22. The van der Waals surface area contributed by atoms with Crippen molar-refractivity contribution in [3.63, 3.8) is 0 Å². The van der Waals surface area contributed by atoms with E-state index < -0.39 is 0 Å². The summed E-state index contributed by atoms with van der Waals surface area (Å²) in [5.41, 5.74) is 0.694. The monoisotopic (exact) mass is 337 g/mol. The molecule has 4 heterocycles. The molecule has 0 saturated carbocycles. The zero-order valence-electron chi connectivity index (χ0n) is 14.0. The number of pyridine rings is 2. The lowest BCUT2D eigenvalue weighted by molar-refractivity contribution is -0.117. The molecule has 1 N–H and O–H groups in total. The van der Waals surface area contributed by atoms with Gasteiger partial charge in [-0.25, -0.2) is 9.97 Å². The van der Waals surface area contributed by atoms with Gasteiger partial charge in [-0.2, -0.15) is 0 Å². The van der Waals surface area contributed by atoms with Gasteiger partial charge in [0.2, 0.25) is 5.91 Å². The average Bonchev–Trinajstić information content (AvgIpc) is 3.27. The Morgan fingerprint density at radius 2 is 2.16 bits per heavy atom. The van der Waals surface area contributed by atoms with E-state index in [2.05, 4.69) is 32.1 Å². The molecule has 0 radical (unpaired) electrons. The Kier molecular flexibility index (Phi) is 4.15. The fraction of sp³-hybridized carbons (Fsp3) is 0.333. The minimum Gasteiger partial charge on any atom is -0.442 e. The topological polar surface area (TPSA) is 84.2 Å². The predicted molar refractivity (Wildman–Crippen MR) is 93.9 cm³/mol. The minimum absolute atomic E-state index is 0.0369. The fourth-order valence-corrected chi connectivity index (χ4v) is 3.18. The number of nitrogens with one attached hydrogen (secondary N) is 1. The number of hydrogen-bond acceptors (Lipinski definition) is 6. The van der Waals surface area contributed by atoms with Crippen LogP contribution in [0, 0.1) is 0 Å². The van der Waals surface area contributed by atoms with Crippen molar-refractivity contribution in [2.45, 2.75) is 25.8 Å². The molecule has 3 aromatic heterocycles. The van der Waals surface area contributed by atoms with Crippen molar-refractivity contribution in [2.75, 3.05) is 18.4 Å². The third-order valence-corrected chi connectivity index (χ3v) is 4.59. The maximum atomic E-state index is 12.3. The second-order valence-corrected chi connectivity index (χ2v) is 6.36. The molecular weight excluding hydrogens is 318 g/mol. The minimum atomic E-state index is -0.0369. The van der Waals surface area contributed by atoms with Gasteiger partial charge in [-0.05, 0) is 43.8 Å². The van der Waals surface area contributed by atoms with Crippen LogP contribution in [0.15, 0.2) is 41.5 Å². The van der Waals surface area contributed by atoms with E-state index in [1.165, 1.54) is 6.39 Å². The normalized spacial score (nSPS) is 17.9. The fourth-order valence-electron chi connectivity index (χ4n) is 3.18. The Hall–Kier alpha value is -2.80. The number of likely N-dealkylation sites (tertiary alicyclic amines) is 1. The Bertz CT molecular complexity index is 894. The van der Waals surface area contributed by atoms with Gasteiger partial charge < -0.3 is 9.73 Å². The standard InChI is InChI=1S/C18H19N5O2/c1-12-3-2-4-23(12)10-18(24)22-17-6-13-5-15(16-9-19-11-25-16)20-7-14(13)8-21-17/h5-9,11-12H,2-4,10H2,1H3,(H,21,22,24). The van der Waals surface area contributed by atoms with E-state index in [9.17, 15) is 4.79 Å². The Balaban J connectivity index is 1.52. The molecule has 3 aromatic rings. The third-order valence-electron chi connectivity index (χ3n) is 4.59. The van der Waals surface area contributed by atoms with Crippen molar-refractivity contribution in [2.24, 2.45) is 0 Å². The highest BCUT2D eigenvalue weighted by molar-refractivity contribution is 5.94. The van der Waals surface area contributed by atoms with Gasteiger partial charge >= 0.3 is 0 Å². The van der Waals surface area contributed by atoms with Gasteiger partial charge in [-0.15, -0.1) is 0 Å². The molecule has 1 fully saturated rings. The first-order valence-electron chi connectivity index (χ1n) is 8.37. The molecule has 7 nitrogen and oxygen atoms in total. The number of nitrogens with zero attached hydrogens (tertiary/aromatic N) is 4. The lowest BCUT2D eigenvalue weighted by atomic mass is 10.2. The van der Waals surface area contributed by atoms with Crippen LogP contribution in [0.1, 0.15) is 19.8 Å². The number of hydrogen-bond donors (Lipinski definition) is 1. The summed E-state index contributed by atoms with van der Waals surface area (Å²) in [5.74, 6) is 1.11. The number of amides is 1. The number of oxazole rings is 1. The van der Waals surface area contributed by atoms with Crippen LogP contribution in [0.3, 0.4) is 0 Å². The molecule has 128 valence electrons. The van der Waals surface area contributed by atoms with Crippen LogP contribution in [0.5, 0.6) is 0 Å². The molecule has 0 spiro atoms. The lowest BCUT2D eigenvalue weighted by Gasteiger charge is -2.19. The zero-order valence-corrected chi connectivity index (χ0v) is 14.0. The molecule has 25 heavy (non-hydrogen) atoms. The van der Waals surface area contributed by atoms with Crippen molar-refractivity contribution < 1.29 is 9.21 Å². The molecule has 1 amide bonds. The summed E-state index contributed by atoms with van der Waals surface area (Å²) in [5, 5.41) is 4.72. The van der Waals surface area contributed by atoms with Gasteiger partial charge in [0.1, 0.15) is 11.5 Å². The van der Waals surface area contributed by atoms with Crippen molar-refractivity contribution in [1.29, 1.82) is 0 Å². The van der Waals surface area contributed by atoms with Gasteiger partial charge in [0, 0.05) is 23.8 Å². The maximum absolute atomic E-state index is 12.3. The summed E-state index contributed by atoms with van der Waals surface area (Å²) < 4.78 is 5.28. The second kappa shape index (κ2) is 6.60. The first-order valence-corrected chi connectivity index (χ1v) is 8.37. The average molecular weight is 337 g/mol. The molecule has 1 aliphatic rings. The van der Waals surface area contributed by atoms with Crippen molar-refractivity contribution in [1.82, 2.24) is 19.9 Å². The summed E-state index contributed by atoms with van der Waals surface area (Å²) in [6.45, 7) is 3.54. The van der Waals surface area contributed by atoms with E-state index >= 15 is 0 Å². The predicted octanol–water partition coefficient (Wildman–Crippen LogP) is 2.71. The van der Waals surface area contributed by atoms with Gasteiger partial charge in [-0.3, -0.25) is 14.7 Å². The summed E-state index contributed by atoms with van der Waals surface area (Å²) in [6.07, 6.45) is 8.74. The summed E-state index contributed by atoms with van der Waals surface area (Å²) in [6, 6.07) is 4.21. The van der Waals surface area contributed by atoms with E-state index in [1.54, 1.807) is 18.6 Å². The molecule has 0 aromatic carbocycles. The first kappa shape index (κ1) is 15.7. The Morgan fingerprint density at radius 3 is 2.92 bits per heavy atom. The van der Waals surface area contributed by atoms with Crippen molar-refractivity contribution in [3.05, 3.63) is 37.1 Å². The molecule has 1 atom stereocenters. The number of anilines is 1. The summed E-state index contributed by atoms with van der Waals surface area (Å²) in [7, 11) is 0. The van der Waals surface area contributed by atoms with E-state index in [-0.39, 0.29) is 5.91 Å². The van der Waals surface area contributed by atoms with Gasteiger partial charge in [-0.1, -0.05) is 0 Å². The quantitative estimate of drug-likeness (QED) is 0.788. The van der Waals surface area contributed by atoms with Crippen molar-refractivity contribution >= 4 is 22.5 Å². The lowest BCUT2D eigenvalue weighted by Crippen LogP contribution is -2.35. The molecule has 0 bridgehead atoms. The zero-order chi connectivity index (χ0) is 17.2. The van der Waals surface area contributed by atoms with E-state index in [0.717, 1.165) is 30.2 Å². The van der Waals surface area contributed by atoms with Gasteiger partial charge in [0.25, 0.3) is 0 Å². The van der Waals surface area contributed by atoms with E-state index in [1.807, 2.05) is 12.1 Å².